The van der Waals surface area contributed by atoms with E-state index in [0.29, 0.717) is 43.3 Å². The fraction of sp³-hybridized carbons (Fsp3) is 0.556. The first-order chi connectivity index (χ1) is 12.3. The van der Waals surface area contributed by atoms with E-state index >= 15 is 0 Å². The summed E-state index contributed by atoms with van der Waals surface area (Å²) < 4.78 is 25.3. The van der Waals surface area contributed by atoms with Gasteiger partial charge in [0.15, 0.2) is 0 Å². The number of anilines is 1. The lowest BCUT2D eigenvalue weighted by Gasteiger charge is -2.33. The lowest BCUT2D eigenvalue weighted by Crippen LogP contribution is -2.50. The van der Waals surface area contributed by atoms with Crippen molar-refractivity contribution in [3.05, 3.63) is 29.8 Å². The summed E-state index contributed by atoms with van der Waals surface area (Å²) in [7, 11) is -3.21. The average molecular weight is 379 g/mol. The number of amides is 2. The van der Waals surface area contributed by atoms with Crippen LogP contribution in [0.25, 0.3) is 0 Å². The standard InChI is InChI=1S/C18H25N3O4S/c1-3-26(24,25)21-9-7-20(8-10-21)18(23)14-5-4-6-15(12-14)19-17(22)16-11-13(16)2/h4-6,12-13,16H,3,7-11H2,1-2H3,(H,19,22). The molecular formula is C18H25N3O4S. The van der Waals surface area contributed by atoms with E-state index in [1.54, 1.807) is 36.1 Å². The minimum Gasteiger partial charge on any atom is -0.336 e. The third-order valence-electron chi connectivity index (χ3n) is 5.11. The molecular weight excluding hydrogens is 354 g/mol. The predicted molar refractivity (Wildman–Crippen MR) is 99.3 cm³/mol. The highest BCUT2D eigenvalue weighted by atomic mass is 32.2. The van der Waals surface area contributed by atoms with Crippen molar-refractivity contribution in [1.82, 2.24) is 9.21 Å². The number of benzene rings is 1. The molecule has 1 heterocycles. The fourth-order valence-electron chi connectivity index (χ4n) is 3.19. The van der Waals surface area contributed by atoms with Crippen LogP contribution in [0.1, 0.15) is 30.6 Å². The molecule has 0 radical (unpaired) electrons. The predicted octanol–water partition coefficient (Wildman–Crippen LogP) is 1.39. The van der Waals surface area contributed by atoms with E-state index in [4.69, 9.17) is 0 Å². The number of hydrogen-bond acceptors (Lipinski definition) is 4. The molecule has 1 aromatic carbocycles. The third kappa shape index (κ3) is 4.07. The highest BCUT2D eigenvalue weighted by Crippen LogP contribution is 2.38. The fourth-order valence-corrected chi connectivity index (χ4v) is 4.27. The van der Waals surface area contributed by atoms with E-state index in [1.807, 2.05) is 6.92 Å². The van der Waals surface area contributed by atoms with Gasteiger partial charge in [-0.3, -0.25) is 9.59 Å². The van der Waals surface area contributed by atoms with Crippen LogP contribution in [0, 0.1) is 11.8 Å². The number of nitrogens with zero attached hydrogens (tertiary/aromatic N) is 2. The Morgan fingerprint density at radius 1 is 1.19 bits per heavy atom. The Morgan fingerprint density at radius 3 is 2.42 bits per heavy atom. The number of hydrogen-bond donors (Lipinski definition) is 1. The Bertz CT molecular complexity index is 800. The summed E-state index contributed by atoms with van der Waals surface area (Å²) in [5, 5.41) is 2.87. The van der Waals surface area contributed by atoms with Crippen LogP contribution >= 0.6 is 0 Å². The molecule has 1 saturated heterocycles. The van der Waals surface area contributed by atoms with Crippen LogP contribution in [0.15, 0.2) is 24.3 Å². The van der Waals surface area contributed by atoms with Crippen molar-refractivity contribution >= 4 is 27.5 Å². The molecule has 0 aromatic heterocycles. The van der Waals surface area contributed by atoms with Crippen molar-refractivity contribution in [2.45, 2.75) is 20.3 Å². The van der Waals surface area contributed by atoms with Crippen LogP contribution in [0.2, 0.25) is 0 Å². The Balaban J connectivity index is 1.62. The van der Waals surface area contributed by atoms with Gasteiger partial charge in [0.2, 0.25) is 15.9 Å². The Kier molecular flexibility index (Phi) is 5.34. The summed E-state index contributed by atoms with van der Waals surface area (Å²) in [6, 6.07) is 6.92. The molecule has 1 aromatic rings. The van der Waals surface area contributed by atoms with Gasteiger partial charge in [-0.15, -0.1) is 0 Å². The molecule has 1 N–H and O–H groups in total. The quantitative estimate of drug-likeness (QED) is 0.838. The second-order valence-electron chi connectivity index (χ2n) is 6.98. The lowest BCUT2D eigenvalue weighted by molar-refractivity contribution is -0.117. The first-order valence-electron chi connectivity index (χ1n) is 9.00. The summed E-state index contributed by atoms with van der Waals surface area (Å²) in [5.41, 5.74) is 1.12. The zero-order valence-corrected chi connectivity index (χ0v) is 16.0. The molecule has 3 rings (SSSR count). The normalized spacial score (nSPS) is 23.5. The van der Waals surface area contributed by atoms with Crippen molar-refractivity contribution in [3.8, 4) is 0 Å². The zero-order chi connectivity index (χ0) is 18.9. The summed E-state index contributed by atoms with van der Waals surface area (Å²) >= 11 is 0. The molecule has 0 bridgehead atoms. The summed E-state index contributed by atoms with van der Waals surface area (Å²) in [4.78, 5) is 26.4. The summed E-state index contributed by atoms with van der Waals surface area (Å²) in [6.45, 7) is 5.04. The molecule has 1 aliphatic carbocycles. The highest BCUT2D eigenvalue weighted by molar-refractivity contribution is 7.89. The minimum absolute atomic E-state index is 0.000450. The van der Waals surface area contributed by atoms with E-state index in [0.717, 1.165) is 6.42 Å². The Morgan fingerprint density at radius 2 is 1.85 bits per heavy atom. The minimum atomic E-state index is -3.21. The van der Waals surface area contributed by atoms with Crippen molar-refractivity contribution in [1.29, 1.82) is 0 Å². The van der Waals surface area contributed by atoms with Gasteiger partial charge in [0.05, 0.1) is 5.75 Å². The molecule has 7 nitrogen and oxygen atoms in total. The number of rotatable bonds is 5. The first kappa shape index (κ1) is 18.8. The molecule has 1 saturated carbocycles. The van der Waals surface area contributed by atoms with Crippen LogP contribution in [-0.4, -0.2) is 61.4 Å². The van der Waals surface area contributed by atoms with Gasteiger partial charge in [-0.2, -0.15) is 4.31 Å². The maximum Gasteiger partial charge on any atom is 0.254 e. The molecule has 0 spiro atoms. The van der Waals surface area contributed by atoms with E-state index in [1.165, 1.54) is 4.31 Å². The number of carbonyl (C=O) groups is 2. The Hall–Kier alpha value is -1.93. The molecule has 26 heavy (non-hydrogen) atoms. The SMILES string of the molecule is CCS(=O)(=O)N1CCN(C(=O)c2cccc(NC(=O)C3CC3C)c2)CC1. The molecule has 8 heteroatoms. The average Bonchev–Trinajstić information content (AvgIpc) is 3.38. The van der Waals surface area contributed by atoms with Crippen LogP contribution in [-0.2, 0) is 14.8 Å². The van der Waals surface area contributed by atoms with Gasteiger partial charge in [0.1, 0.15) is 0 Å². The molecule has 2 aliphatic rings. The maximum absolute atomic E-state index is 12.7. The van der Waals surface area contributed by atoms with Crippen LogP contribution in [0.5, 0.6) is 0 Å². The van der Waals surface area contributed by atoms with Crippen LogP contribution in [0.3, 0.4) is 0 Å². The van der Waals surface area contributed by atoms with Crippen LogP contribution < -0.4 is 5.32 Å². The smallest absolute Gasteiger partial charge is 0.254 e. The van der Waals surface area contributed by atoms with Gasteiger partial charge in [0.25, 0.3) is 5.91 Å². The van der Waals surface area contributed by atoms with E-state index in [9.17, 15) is 18.0 Å². The molecule has 142 valence electrons. The monoisotopic (exact) mass is 379 g/mol. The zero-order valence-electron chi connectivity index (χ0n) is 15.1. The molecule has 2 fully saturated rings. The molecule has 2 atom stereocenters. The van der Waals surface area contributed by atoms with Crippen molar-refractivity contribution in [3.63, 3.8) is 0 Å². The van der Waals surface area contributed by atoms with Gasteiger partial charge in [-0.05, 0) is 37.5 Å². The van der Waals surface area contributed by atoms with E-state index in [-0.39, 0.29) is 23.5 Å². The molecule has 1 aliphatic heterocycles. The number of carbonyl (C=O) groups excluding carboxylic acids is 2. The number of sulfonamides is 1. The number of piperazine rings is 1. The van der Waals surface area contributed by atoms with Gasteiger partial charge in [-0.25, -0.2) is 8.42 Å². The number of nitrogens with one attached hydrogen (secondary N) is 1. The second-order valence-corrected chi connectivity index (χ2v) is 9.24. The van der Waals surface area contributed by atoms with E-state index in [2.05, 4.69) is 5.32 Å². The summed E-state index contributed by atoms with van der Waals surface area (Å²) in [6.07, 6.45) is 0.912. The maximum atomic E-state index is 12.7. The topological polar surface area (TPSA) is 86.8 Å². The van der Waals surface area contributed by atoms with Crippen molar-refractivity contribution in [2.24, 2.45) is 11.8 Å². The second kappa shape index (κ2) is 7.36. The van der Waals surface area contributed by atoms with Gasteiger partial charge < -0.3 is 10.2 Å². The van der Waals surface area contributed by atoms with Crippen molar-refractivity contribution < 1.29 is 18.0 Å². The molecule has 2 unspecified atom stereocenters. The van der Waals surface area contributed by atoms with Gasteiger partial charge in [-0.1, -0.05) is 13.0 Å². The first-order valence-corrected chi connectivity index (χ1v) is 10.6. The molecule has 2 amide bonds. The van der Waals surface area contributed by atoms with Crippen molar-refractivity contribution in [2.75, 3.05) is 37.2 Å². The third-order valence-corrected chi connectivity index (χ3v) is 6.99. The summed E-state index contributed by atoms with van der Waals surface area (Å²) in [5.74, 6) is 0.427. The highest BCUT2D eigenvalue weighted by Gasteiger charge is 2.39. The van der Waals surface area contributed by atoms with E-state index < -0.39 is 10.0 Å². The largest absolute Gasteiger partial charge is 0.336 e. The van der Waals surface area contributed by atoms with Gasteiger partial charge in [0, 0.05) is 43.3 Å². The lowest BCUT2D eigenvalue weighted by atomic mass is 10.1. The van der Waals surface area contributed by atoms with Crippen LogP contribution in [0.4, 0.5) is 5.69 Å². The Labute approximate surface area is 154 Å². The van der Waals surface area contributed by atoms with Gasteiger partial charge >= 0.3 is 0 Å².